The number of amides is 3. The molecule has 3 heterocycles. The summed E-state index contributed by atoms with van der Waals surface area (Å²) >= 11 is 0. The first-order chi connectivity index (χ1) is 11.2. The summed E-state index contributed by atoms with van der Waals surface area (Å²) in [5.41, 5.74) is 0.378. The lowest BCUT2D eigenvalue weighted by Gasteiger charge is -2.34. The number of nitrogens with zero attached hydrogens (tertiary/aromatic N) is 3. The number of piperidine rings is 1. The van der Waals surface area contributed by atoms with E-state index in [0.717, 1.165) is 38.8 Å². The second kappa shape index (κ2) is 7.02. The molecule has 0 spiro atoms. The van der Waals surface area contributed by atoms with E-state index in [1.54, 1.807) is 0 Å². The van der Waals surface area contributed by atoms with Gasteiger partial charge in [0.2, 0.25) is 0 Å². The van der Waals surface area contributed by atoms with Crippen LogP contribution < -0.4 is 5.32 Å². The van der Waals surface area contributed by atoms with Crippen LogP contribution in [-0.4, -0.2) is 58.9 Å². The van der Waals surface area contributed by atoms with Crippen molar-refractivity contribution in [2.24, 2.45) is 0 Å². The first-order valence-corrected chi connectivity index (χ1v) is 8.46. The van der Waals surface area contributed by atoms with Crippen molar-refractivity contribution in [1.82, 2.24) is 20.1 Å². The Morgan fingerprint density at radius 2 is 1.87 bits per heavy atom. The maximum atomic E-state index is 12.3. The predicted molar refractivity (Wildman–Crippen MR) is 84.1 cm³/mol. The Hall–Kier alpha value is -2.05. The maximum Gasteiger partial charge on any atom is 0.319 e. The summed E-state index contributed by atoms with van der Waals surface area (Å²) in [5.74, 6) is 0.434. The standard InChI is InChI=1S/C16H24N4O3/c1-2-13-14(17-11-23-13)15(21)18-12-5-9-20(10-6-12)16(22)19-7-3-4-8-19/h11-12H,2-10H2,1H3,(H,18,21). The summed E-state index contributed by atoms with van der Waals surface area (Å²) < 4.78 is 5.20. The quantitative estimate of drug-likeness (QED) is 0.918. The van der Waals surface area contributed by atoms with Gasteiger partial charge in [-0.1, -0.05) is 6.92 Å². The van der Waals surface area contributed by atoms with Crippen LogP contribution in [0, 0.1) is 0 Å². The summed E-state index contributed by atoms with van der Waals surface area (Å²) in [6, 6.07) is 0.239. The topological polar surface area (TPSA) is 78.7 Å². The van der Waals surface area contributed by atoms with Crippen molar-refractivity contribution in [2.45, 2.75) is 45.1 Å². The number of likely N-dealkylation sites (tertiary alicyclic amines) is 2. The number of oxazole rings is 1. The lowest BCUT2D eigenvalue weighted by atomic mass is 10.0. The van der Waals surface area contributed by atoms with E-state index in [-0.39, 0.29) is 18.0 Å². The first-order valence-electron chi connectivity index (χ1n) is 8.46. The van der Waals surface area contributed by atoms with Gasteiger partial charge in [-0.3, -0.25) is 4.79 Å². The Morgan fingerprint density at radius 1 is 1.22 bits per heavy atom. The van der Waals surface area contributed by atoms with Gasteiger partial charge in [-0.05, 0) is 25.7 Å². The first kappa shape index (κ1) is 15.8. The second-order valence-electron chi connectivity index (χ2n) is 6.19. The molecule has 0 radical (unpaired) electrons. The zero-order valence-corrected chi connectivity index (χ0v) is 13.6. The van der Waals surface area contributed by atoms with E-state index < -0.39 is 0 Å². The second-order valence-corrected chi connectivity index (χ2v) is 6.19. The van der Waals surface area contributed by atoms with Crippen molar-refractivity contribution in [3.05, 3.63) is 17.8 Å². The summed E-state index contributed by atoms with van der Waals surface area (Å²) in [7, 11) is 0. The van der Waals surface area contributed by atoms with E-state index in [2.05, 4.69) is 10.3 Å². The summed E-state index contributed by atoms with van der Waals surface area (Å²) in [5, 5.41) is 3.01. The van der Waals surface area contributed by atoms with Crippen LogP contribution in [0.4, 0.5) is 4.79 Å². The van der Waals surface area contributed by atoms with Crippen LogP contribution in [0.2, 0.25) is 0 Å². The number of aromatic nitrogens is 1. The van der Waals surface area contributed by atoms with Gasteiger partial charge in [-0.25, -0.2) is 9.78 Å². The van der Waals surface area contributed by atoms with E-state index in [0.29, 0.717) is 31.0 Å². The van der Waals surface area contributed by atoms with Crippen LogP contribution in [0.15, 0.2) is 10.8 Å². The number of hydrogen-bond donors (Lipinski definition) is 1. The van der Waals surface area contributed by atoms with Crippen LogP contribution in [0.5, 0.6) is 0 Å². The highest BCUT2D eigenvalue weighted by molar-refractivity contribution is 5.93. The van der Waals surface area contributed by atoms with Crippen LogP contribution in [-0.2, 0) is 6.42 Å². The zero-order valence-electron chi connectivity index (χ0n) is 13.6. The molecule has 3 rings (SSSR count). The Balaban J connectivity index is 1.49. The normalized spacial score (nSPS) is 19.2. The highest BCUT2D eigenvalue weighted by Gasteiger charge is 2.29. The fraction of sp³-hybridized carbons (Fsp3) is 0.688. The number of carbonyl (C=O) groups is 2. The predicted octanol–water partition coefficient (Wildman–Crippen LogP) is 1.65. The number of urea groups is 1. The Bertz CT molecular complexity index is 557. The molecule has 1 aromatic rings. The van der Waals surface area contributed by atoms with Gasteiger partial charge in [-0.15, -0.1) is 0 Å². The molecule has 126 valence electrons. The van der Waals surface area contributed by atoms with Crippen molar-refractivity contribution in [3.8, 4) is 0 Å². The Morgan fingerprint density at radius 3 is 2.52 bits per heavy atom. The molecular formula is C16H24N4O3. The van der Waals surface area contributed by atoms with Gasteiger partial charge in [0.15, 0.2) is 12.1 Å². The fourth-order valence-corrected chi connectivity index (χ4v) is 3.28. The molecule has 2 saturated heterocycles. The number of hydrogen-bond acceptors (Lipinski definition) is 4. The molecule has 23 heavy (non-hydrogen) atoms. The minimum absolute atomic E-state index is 0.0894. The molecule has 2 aliphatic rings. The van der Waals surface area contributed by atoms with Crippen molar-refractivity contribution in [2.75, 3.05) is 26.2 Å². The maximum absolute atomic E-state index is 12.3. The summed E-state index contributed by atoms with van der Waals surface area (Å²) in [6.45, 7) is 5.07. The van der Waals surface area contributed by atoms with Crippen molar-refractivity contribution >= 4 is 11.9 Å². The molecule has 1 N–H and O–H groups in total. The van der Waals surface area contributed by atoms with Crippen LogP contribution in [0.1, 0.15) is 48.9 Å². The van der Waals surface area contributed by atoms with Crippen molar-refractivity contribution in [1.29, 1.82) is 0 Å². The Labute approximate surface area is 136 Å². The van der Waals surface area contributed by atoms with Crippen LogP contribution in [0.3, 0.4) is 0 Å². The van der Waals surface area contributed by atoms with Crippen molar-refractivity contribution in [3.63, 3.8) is 0 Å². The lowest BCUT2D eigenvalue weighted by molar-refractivity contribution is 0.0906. The molecule has 7 heteroatoms. The van der Waals surface area contributed by atoms with E-state index in [4.69, 9.17) is 4.42 Å². The molecule has 3 amide bonds. The minimum atomic E-state index is -0.181. The number of nitrogens with one attached hydrogen (secondary N) is 1. The van der Waals surface area contributed by atoms with Crippen LogP contribution in [0.25, 0.3) is 0 Å². The summed E-state index contributed by atoms with van der Waals surface area (Å²) in [4.78, 5) is 32.4. The molecule has 1 aromatic heterocycles. The fourth-order valence-electron chi connectivity index (χ4n) is 3.28. The largest absolute Gasteiger partial charge is 0.448 e. The highest BCUT2D eigenvalue weighted by atomic mass is 16.3. The summed E-state index contributed by atoms with van der Waals surface area (Å²) in [6.07, 6.45) is 5.73. The molecule has 0 atom stereocenters. The molecule has 2 fully saturated rings. The molecule has 7 nitrogen and oxygen atoms in total. The molecule has 0 saturated carbocycles. The zero-order chi connectivity index (χ0) is 16.2. The number of carbonyl (C=O) groups excluding carboxylic acids is 2. The molecular weight excluding hydrogens is 296 g/mol. The van der Waals surface area contributed by atoms with Gasteiger partial charge in [0.05, 0.1) is 0 Å². The van der Waals surface area contributed by atoms with E-state index in [1.807, 2.05) is 16.7 Å². The van der Waals surface area contributed by atoms with Gasteiger partial charge in [-0.2, -0.15) is 0 Å². The molecule has 0 aliphatic carbocycles. The molecule has 0 aromatic carbocycles. The van der Waals surface area contributed by atoms with Crippen molar-refractivity contribution < 1.29 is 14.0 Å². The van der Waals surface area contributed by atoms with Gasteiger partial charge >= 0.3 is 6.03 Å². The lowest BCUT2D eigenvalue weighted by Crippen LogP contribution is -2.50. The molecule has 2 aliphatic heterocycles. The average Bonchev–Trinajstić information content (AvgIpc) is 3.26. The third-order valence-corrected chi connectivity index (χ3v) is 4.65. The van der Waals surface area contributed by atoms with Gasteiger partial charge in [0, 0.05) is 38.6 Å². The van der Waals surface area contributed by atoms with Gasteiger partial charge < -0.3 is 19.5 Å². The average molecular weight is 320 g/mol. The molecule has 0 bridgehead atoms. The van der Waals surface area contributed by atoms with Crippen LogP contribution >= 0.6 is 0 Å². The van der Waals surface area contributed by atoms with E-state index in [1.165, 1.54) is 6.39 Å². The Kier molecular flexibility index (Phi) is 4.83. The van der Waals surface area contributed by atoms with E-state index in [9.17, 15) is 9.59 Å². The number of rotatable bonds is 3. The molecule has 0 unspecified atom stereocenters. The monoisotopic (exact) mass is 320 g/mol. The number of aryl methyl sites for hydroxylation is 1. The third kappa shape index (κ3) is 3.48. The highest BCUT2D eigenvalue weighted by Crippen LogP contribution is 2.17. The third-order valence-electron chi connectivity index (χ3n) is 4.65. The van der Waals surface area contributed by atoms with Gasteiger partial charge in [0.25, 0.3) is 5.91 Å². The smallest absolute Gasteiger partial charge is 0.319 e. The minimum Gasteiger partial charge on any atom is -0.448 e. The van der Waals surface area contributed by atoms with E-state index >= 15 is 0 Å². The van der Waals surface area contributed by atoms with Gasteiger partial charge in [0.1, 0.15) is 5.76 Å². The SMILES string of the molecule is CCc1ocnc1C(=O)NC1CCN(C(=O)N2CCCC2)CC1.